The van der Waals surface area contributed by atoms with Crippen molar-refractivity contribution in [1.29, 1.82) is 0 Å². The SMILES string of the molecule is COc1cc(C=NN(C)C(=O)O)cc(OC)c1OC. The van der Waals surface area contributed by atoms with Gasteiger partial charge >= 0.3 is 6.09 Å². The molecule has 0 aromatic heterocycles. The van der Waals surface area contributed by atoms with Crippen molar-refractivity contribution in [3.8, 4) is 17.2 Å². The van der Waals surface area contributed by atoms with Gasteiger partial charge in [0.15, 0.2) is 11.5 Å². The van der Waals surface area contributed by atoms with Crippen LogP contribution in [0.3, 0.4) is 0 Å². The lowest BCUT2D eigenvalue weighted by molar-refractivity contribution is 0.158. The van der Waals surface area contributed by atoms with Gasteiger partial charge in [-0.25, -0.2) is 9.80 Å². The van der Waals surface area contributed by atoms with Crippen LogP contribution in [0.1, 0.15) is 5.56 Å². The summed E-state index contributed by atoms with van der Waals surface area (Å²) in [7, 11) is 5.84. The Morgan fingerprint density at radius 3 is 2.11 bits per heavy atom. The highest BCUT2D eigenvalue weighted by atomic mass is 16.5. The number of benzene rings is 1. The number of nitrogens with zero attached hydrogens (tertiary/aromatic N) is 2. The first-order valence-electron chi connectivity index (χ1n) is 5.34. The van der Waals surface area contributed by atoms with Gasteiger partial charge in [-0.2, -0.15) is 5.10 Å². The van der Waals surface area contributed by atoms with E-state index in [1.807, 2.05) is 0 Å². The van der Waals surface area contributed by atoms with Crippen LogP contribution < -0.4 is 14.2 Å². The zero-order chi connectivity index (χ0) is 14.4. The van der Waals surface area contributed by atoms with Gasteiger partial charge in [0.2, 0.25) is 5.75 Å². The highest BCUT2D eigenvalue weighted by molar-refractivity contribution is 5.83. The summed E-state index contributed by atoms with van der Waals surface area (Å²) in [6.07, 6.45) is 0.238. The predicted octanol–water partition coefficient (Wildman–Crippen LogP) is 1.66. The Bertz CT molecular complexity index is 462. The van der Waals surface area contributed by atoms with Crippen LogP contribution in [-0.4, -0.2) is 50.8 Å². The van der Waals surface area contributed by atoms with Crippen molar-refractivity contribution in [1.82, 2.24) is 5.01 Å². The second-order valence-corrected chi connectivity index (χ2v) is 3.51. The second kappa shape index (κ2) is 6.48. The summed E-state index contributed by atoms with van der Waals surface area (Å²) in [5, 5.41) is 13.2. The molecule has 0 aliphatic rings. The molecule has 1 amide bonds. The van der Waals surface area contributed by atoms with Crippen LogP contribution in [0.15, 0.2) is 17.2 Å². The highest BCUT2D eigenvalue weighted by Gasteiger charge is 2.12. The van der Waals surface area contributed by atoms with Gasteiger partial charge in [-0.1, -0.05) is 0 Å². The maximum absolute atomic E-state index is 10.6. The van der Waals surface area contributed by atoms with Crippen molar-refractivity contribution in [2.24, 2.45) is 5.10 Å². The number of hydrogen-bond acceptors (Lipinski definition) is 5. The molecule has 0 spiro atoms. The topological polar surface area (TPSA) is 80.6 Å². The normalized spacial score (nSPS) is 10.3. The molecule has 0 unspecified atom stereocenters. The summed E-state index contributed by atoms with van der Waals surface area (Å²) in [6, 6.07) is 3.33. The third kappa shape index (κ3) is 3.51. The standard InChI is InChI=1S/C12H16N2O5/c1-14(12(15)16)13-7-8-5-9(17-2)11(19-4)10(6-8)18-3/h5-7H,1-4H3,(H,15,16). The largest absolute Gasteiger partial charge is 0.493 e. The summed E-state index contributed by atoms with van der Waals surface area (Å²) in [5.41, 5.74) is 0.627. The fourth-order valence-electron chi connectivity index (χ4n) is 1.38. The van der Waals surface area contributed by atoms with E-state index in [0.717, 1.165) is 5.01 Å². The molecule has 1 aromatic carbocycles. The lowest BCUT2D eigenvalue weighted by atomic mass is 10.2. The molecule has 104 valence electrons. The van der Waals surface area contributed by atoms with Gasteiger partial charge in [0.1, 0.15) is 0 Å². The van der Waals surface area contributed by atoms with Gasteiger partial charge < -0.3 is 19.3 Å². The number of hydrogen-bond donors (Lipinski definition) is 1. The second-order valence-electron chi connectivity index (χ2n) is 3.51. The van der Waals surface area contributed by atoms with E-state index in [0.29, 0.717) is 22.8 Å². The van der Waals surface area contributed by atoms with Crippen molar-refractivity contribution in [3.05, 3.63) is 17.7 Å². The zero-order valence-corrected chi connectivity index (χ0v) is 11.2. The number of rotatable bonds is 5. The number of ether oxygens (including phenoxy) is 3. The number of carboxylic acid groups (broad SMARTS) is 1. The molecular weight excluding hydrogens is 252 g/mol. The zero-order valence-electron chi connectivity index (χ0n) is 11.2. The molecule has 7 nitrogen and oxygen atoms in total. The third-order valence-electron chi connectivity index (χ3n) is 2.34. The molecule has 0 saturated heterocycles. The fraction of sp³-hybridized carbons (Fsp3) is 0.333. The maximum Gasteiger partial charge on any atom is 0.427 e. The maximum atomic E-state index is 10.6. The predicted molar refractivity (Wildman–Crippen MR) is 69.5 cm³/mol. The fourth-order valence-corrected chi connectivity index (χ4v) is 1.38. The number of amides is 1. The lowest BCUT2D eigenvalue weighted by Gasteiger charge is -2.13. The van der Waals surface area contributed by atoms with Crippen LogP contribution >= 0.6 is 0 Å². The minimum absolute atomic E-state index is 0.466. The quantitative estimate of drug-likeness (QED) is 0.648. The Morgan fingerprint density at radius 2 is 1.74 bits per heavy atom. The van der Waals surface area contributed by atoms with Crippen molar-refractivity contribution in [2.45, 2.75) is 0 Å². The molecule has 19 heavy (non-hydrogen) atoms. The van der Waals surface area contributed by atoms with Gasteiger partial charge in [-0.15, -0.1) is 0 Å². The minimum atomic E-state index is -1.15. The molecule has 0 heterocycles. The van der Waals surface area contributed by atoms with Crippen LogP contribution in [0.5, 0.6) is 17.2 Å². The summed E-state index contributed by atoms with van der Waals surface area (Å²) in [5.74, 6) is 1.41. The summed E-state index contributed by atoms with van der Waals surface area (Å²) in [6.45, 7) is 0. The molecule has 1 rings (SSSR count). The van der Waals surface area contributed by atoms with Gasteiger partial charge in [0, 0.05) is 12.6 Å². The Morgan fingerprint density at radius 1 is 1.21 bits per heavy atom. The van der Waals surface area contributed by atoms with E-state index in [-0.39, 0.29) is 0 Å². The van der Waals surface area contributed by atoms with E-state index in [1.54, 1.807) is 12.1 Å². The van der Waals surface area contributed by atoms with Crippen LogP contribution in [0.2, 0.25) is 0 Å². The molecule has 0 bridgehead atoms. The van der Waals surface area contributed by atoms with Crippen LogP contribution in [-0.2, 0) is 0 Å². The molecule has 0 aliphatic carbocycles. The van der Waals surface area contributed by atoms with Crippen LogP contribution in [0.4, 0.5) is 4.79 Å². The monoisotopic (exact) mass is 268 g/mol. The van der Waals surface area contributed by atoms with E-state index in [1.165, 1.54) is 34.6 Å². The van der Waals surface area contributed by atoms with Gasteiger partial charge in [0.05, 0.1) is 27.5 Å². The summed E-state index contributed by atoms with van der Waals surface area (Å²) < 4.78 is 15.5. The van der Waals surface area contributed by atoms with Crippen molar-refractivity contribution in [3.63, 3.8) is 0 Å². The first kappa shape index (κ1) is 14.6. The molecule has 0 fully saturated rings. The first-order chi connectivity index (χ1) is 9.03. The van der Waals surface area contributed by atoms with E-state index in [9.17, 15) is 4.79 Å². The minimum Gasteiger partial charge on any atom is -0.493 e. The first-order valence-corrected chi connectivity index (χ1v) is 5.34. The van der Waals surface area contributed by atoms with Crippen LogP contribution in [0.25, 0.3) is 0 Å². The molecule has 7 heteroatoms. The number of carbonyl (C=O) groups is 1. The molecule has 1 N–H and O–H groups in total. The van der Waals surface area contributed by atoms with E-state index < -0.39 is 6.09 Å². The van der Waals surface area contributed by atoms with Crippen molar-refractivity contribution >= 4 is 12.3 Å². The molecule has 0 aliphatic heterocycles. The molecular formula is C12H16N2O5. The third-order valence-corrected chi connectivity index (χ3v) is 2.34. The average molecular weight is 268 g/mol. The molecule has 0 atom stereocenters. The Kier molecular flexibility index (Phi) is 4.99. The smallest absolute Gasteiger partial charge is 0.427 e. The molecule has 0 radical (unpaired) electrons. The Labute approximate surface area is 111 Å². The number of methoxy groups -OCH3 is 3. The van der Waals surface area contributed by atoms with E-state index >= 15 is 0 Å². The Hall–Kier alpha value is -2.44. The van der Waals surface area contributed by atoms with Crippen LogP contribution in [0, 0.1) is 0 Å². The van der Waals surface area contributed by atoms with Gasteiger partial charge in [0.25, 0.3) is 0 Å². The van der Waals surface area contributed by atoms with Gasteiger partial charge in [-0.05, 0) is 12.1 Å². The lowest BCUT2D eigenvalue weighted by Crippen LogP contribution is -2.18. The molecule has 1 aromatic rings. The summed E-state index contributed by atoms with van der Waals surface area (Å²) >= 11 is 0. The molecule has 0 saturated carbocycles. The Balaban J connectivity index is 3.13. The number of hydrazone groups is 1. The summed E-state index contributed by atoms with van der Waals surface area (Å²) in [4.78, 5) is 10.6. The van der Waals surface area contributed by atoms with Crippen molar-refractivity contribution < 1.29 is 24.1 Å². The van der Waals surface area contributed by atoms with E-state index in [2.05, 4.69) is 5.10 Å². The highest BCUT2D eigenvalue weighted by Crippen LogP contribution is 2.37. The average Bonchev–Trinajstić information content (AvgIpc) is 2.42. The van der Waals surface area contributed by atoms with Gasteiger partial charge in [-0.3, -0.25) is 0 Å². The van der Waals surface area contributed by atoms with Crippen molar-refractivity contribution in [2.75, 3.05) is 28.4 Å². The van der Waals surface area contributed by atoms with E-state index in [4.69, 9.17) is 19.3 Å².